The Morgan fingerprint density at radius 1 is 1.24 bits per heavy atom. The van der Waals surface area contributed by atoms with Gasteiger partial charge in [0.15, 0.2) is 0 Å². The molecule has 3 heterocycles. The van der Waals surface area contributed by atoms with Crippen molar-refractivity contribution in [2.24, 2.45) is 7.05 Å². The number of likely N-dealkylation sites (tertiary alicyclic amines) is 1. The van der Waals surface area contributed by atoms with Gasteiger partial charge in [-0.1, -0.05) is 12.1 Å². The van der Waals surface area contributed by atoms with Crippen LogP contribution in [0.3, 0.4) is 0 Å². The van der Waals surface area contributed by atoms with Crippen LogP contribution in [0.25, 0.3) is 10.9 Å². The topological polar surface area (TPSA) is 73.0 Å². The summed E-state index contributed by atoms with van der Waals surface area (Å²) in [5.41, 5.74) is 0.555. The van der Waals surface area contributed by atoms with Crippen molar-refractivity contribution in [1.82, 2.24) is 24.0 Å². The summed E-state index contributed by atoms with van der Waals surface area (Å²) >= 11 is 0. The Morgan fingerprint density at radius 3 is 2.79 bits per heavy atom. The van der Waals surface area contributed by atoms with E-state index in [0.29, 0.717) is 35.4 Å². The number of aromatic nitrogens is 4. The first kappa shape index (κ1) is 19.4. The maximum absolute atomic E-state index is 13.3. The highest BCUT2D eigenvalue weighted by Gasteiger charge is 2.31. The summed E-state index contributed by atoms with van der Waals surface area (Å²) in [5, 5.41) is 0.334. The lowest BCUT2D eigenvalue weighted by Crippen LogP contribution is -2.34. The number of benzene rings is 1. The van der Waals surface area contributed by atoms with E-state index in [2.05, 4.69) is 14.9 Å². The fourth-order valence-corrected chi connectivity index (χ4v) is 3.90. The molecule has 1 aromatic carbocycles. The Kier molecular flexibility index (Phi) is 5.23. The molecule has 2 aromatic heterocycles. The molecule has 0 spiro atoms. The summed E-state index contributed by atoms with van der Waals surface area (Å²) in [6.07, 6.45) is 1.84. The molecule has 3 aromatic rings. The van der Waals surface area contributed by atoms with Gasteiger partial charge in [-0.2, -0.15) is 0 Å². The smallest absolute Gasteiger partial charge is 0.268 e. The molecule has 152 valence electrons. The average Bonchev–Trinajstić information content (AvgIpc) is 3.14. The second-order valence-electron chi connectivity index (χ2n) is 7.25. The van der Waals surface area contributed by atoms with Gasteiger partial charge in [-0.15, -0.1) is 0 Å². The van der Waals surface area contributed by atoms with Gasteiger partial charge in [-0.3, -0.25) is 24.0 Å². The molecular formula is C20H21F2N5O2. The van der Waals surface area contributed by atoms with Gasteiger partial charge in [-0.05, 0) is 31.5 Å². The van der Waals surface area contributed by atoms with Crippen LogP contribution in [-0.4, -0.2) is 37.0 Å². The Labute approximate surface area is 165 Å². The van der Waals surface area contributed by atoms with Crippen molar-refractivity contribution in [3.63, 3.8) is 0 Å². The van der Waals surface area contributed by atoms with Crippen LogP contribution in [0.5, 0.6) is 0 Å². The van der Waals surface area contributed by atoms with E-state index < -0.39 is 18.5 Å². The number of aryl methyl sites for hydroxylation is 1. The lowest BCUT2D eigenvalue weighted by molar-refractivity contribution is 0.120. The van der Waals surface area contributed by atoms with Gasteiger partial charge >= 0.3 is 0 Å². The Balaban J connectivity index is 1.76. The fourth-order valence-electron chi connectivity index (χ4n) is 3.90. The Bertz CT molecular complexity index is 1160. The van der Waals surface area contributed by atoms with Crippen molar-refractivity contribution in [3.8, 4) is 0 Å². The molecule has 0 saturated carbocycles. The third kappa shape index (κ3) is 3.82. The number of halogens is 2. The number of para-hydroxylation sites is 1. The predicted octanol–water partition coefficient (Wildman–Crippen LogP) is 2.09. The number of alkyl halides is 2. The molecule has 0 amide bonds. The van der Waals surface area contributed by atoms with E-state index in [1.807, 2.05) is 0 Å². The molecular weight excluding hydrogens is 380 g/mol. The minimum absolute atomic E-state index is 0.200. The summed E-state index contributed by atoms with van der Waals surface area (Å²) in [7, 11) is 1.65. The third-order valence-electron chi connectivity index (χ3n) is 5.27. The van der Waals surface area contributed by atoms with Gasteiger partial charge in [0.2, 0.25) is 0 Å². The molecule has 1 unspecified atom stereocenters. The van der Waals surface area contributed by atoms with Crippen molar-refractivity contribution in [2.75, 3.05) is 6.54 Å². The zero-order chi connectivity index (χ0) is 20.5. The molecule has 0 N–H and O–H groups in total. The largest absolute Gasteiger partial charge is 0.315 e. The first-order chi connectivity index (χ1) is 13.9. The van der Waals surface area contributed by atoms with Crippen molar-refractivity contribution >= 4 is 10.9 Å². The van der Waals surface area contributed by atoms with Crippen molar-refractivity contribution in [3.05, 3.63) is 68.9 Å². The van der Waals surface area contributed by atoms with Gasteiger partial charge in [0, 0.05) is 19.8 Å². The molecule has 0 bridgehead atoms. The minimum Gasteiger partial charge on any atom is -0.315 e. The van der Waals surface area contributed by atoms with Gasteiger partial charge in [0.05, 0.1) is 35.4 Å². The summed E-state index contributed by atoms with van der Waals surface area (Å²) in [5.74, 6) is 0.358. The zero-order valence-electron chi connectivity index (χ0n) is 16.0. The van der Waals surface area contributed by atoms with Gasteiger partial charge in [0.1, 0.15) is 5.82 Å². The summed E-state index contributed by atoms with van der Waals surface area (Å²) < 4.78 is 29.1. The number of hydrogen-bond acceptors (Lipinski definition) is 5. The maximum Gasteiger partial charge on any atom is 0.268 e. The third-order valence-corrected chi connectivity index (χ3v) is 5.27. The molecule has 1 aliphatic rings. The fraction of sp³-hybridized carbons (Fsp3) is 0.400. The van der Waals surface area contributed by atoms with Crippen LogP contribution in [0.4, 0.5) is 8.78 Å². The number of hydrogen-bond donors (Lipinski definition) is 0. The minimum atomic E-state index is -2.66. The van der Waals surface area contributed by atoms with Gasteiger partial charge in [-0.25, -0.2) is 13.8 Å². The van der Waals surface area contributed by atoms with Gasteiger partial charge in [0.25, 0.3) is 17.5 Å². The molecule has 1 saturated heterocycles. The summed E-state index contributed by atoms with van der Waals surface area (Å²) in [6.45, 7) is 0.483. The first-order valence-corrected chi connectivity index (χ1v) is 9.47. The Hall–Kier alpha value is -2.94. The molecule has 1 aliphatic heterocycles. The summed E-state index contributed by atoms with van der Waals surface area (Å²) in [4.78, 5) is 35.3. The van der Waals surface area contributed by atoms with Crippen molar-refractivity contribution in [1.29, 1.82) is 0 Å². The van der Waals surface area contributed by atoms with Crippen LogP contribution in [0, 0.1) is 0 Å². The number of nitrogens with zero attached hydrogens (tertiary/aromatic N) is 5. The zero-order valence-corrected chi connectivity index (χ0v) is 16.0. The number of fused-ring (bicyclic) bond motifs is 1. The lowest BCUT2D eigenvalue weighted by Gasteiger charge is -2.26. The summed E-state index contributed by atoms with van der Waals surface area (Å²) in [6, 6.07) is 6.53. The maximum atomic E-state index is 13.3. The van der Waals surface area contributed by atoms with Crippen molar-refractivity contribution < 1.29 is 8.78 Å². The molecule has 9 heteroatoms. The van der Waals surface area contributed by atoms with E-state index in [-0.39, 0.29) is 11.6 Å². The van der Waals surface area contributed by atoms with E-state index in [1.54, 1.807) is 37.5 Å². The van der Waals surface area contributed by atoms with Crippen LogP contribution in [0.2, 0.25) is 0 Å². The van der Waals surface area contributed by atoms with Gasteiger partial charge < -0.3 is 4.57 Å². The average molecular weight is 401 g/mol. The van der Waals surface area contributed by atoms with E-state index in [1.165, 1.54) is 10.8 Å². The highest BCUT2D eigenvalue weighted by molar-refractivity contribution is 5.77. The first-order valence-electron chi connectivity index (χ1n) is 9.47. The second kappa shape index (κ2) is 7.82. The molecule has 29 heavy (non-hydrogen) atoms. The predicted molar refractivity (Wildman–Crippen MR) is 104 cm³/mol. The monoisotopic (exact) mass is 401 g/mol. The highest BCUT2D eigenvalue weighted by atomic mass is 19.3. The van der Waals surface area contributed by atoms with Crippen LogP contribution in [-0.2, 0) is 20.1 Å². The van der Waals surface area contributed by atoms with Crippen LogP contribution < -0.4 is 11.1 Å². The Morgan fingerprint density at radius 2 is 2.03 bits per heavy atom. The second-order valence-corrected chi connectivity index (χ2v) is 7.25. The van der Waals surface area contributed by atoms with E-state index in [0.717, 1.165) is 17.5 Å². The molecule has 4 rings (SSSR count). The molecule has 0 radical (unpaired) electrons. The lowest BCUT2D eigenvalue weighted by atomic mass is 10.1. The van der Waals surface area contributed by atoms with E-state index in [4.69, 9.17) is 0 Å². The number of rotatable bonds is 5. The molecule has 7 nitrogen and oxygen atoms in total. The normalized spacial score (nSPS) is 17.4. The van der Waals surface area contributed by atoms with Crippen LogP contribution in [0.1, 0.15) is 30.4 Å². The molecule has 0 aliphatic carbocycles. The quantitative estimate of drug-likeness (QED) is 0.655. The van der Waals surface area contributed by atoms with Crippen LogP contribution in [0.15, 0.2) is 46.2 Å². The van der Waals surface area contributed by atoms with E-state index in [9.17, 15) is 18.4 Å². The molecule has 1 fully saturated rings. The van der Waals surface area contributed by atoms with Crippen LogP contribution >= 0.6 is 0 Å². The van der Waals surface area contributed by atoms with E-state index >= 15 is 0 Å². The highest BCUT2D eigenvalue weighted by Crippen LogP contribution is 2.32. The molecule has 1 atom stereocenters. The van der Waals surface area contributed by atoms with Crippen molar-refractivity contribution in [2.45, 2.75) is 38.4 Å². The SMILES string of the molecule is Cn1cc(CN2CCCC2c2nc3ccccc3c(=O)n2CC(F)F)ncc1=O. The standard InChI is InChI=1S/C20H21F2N5O2/c1-25-10-13(23-9-18(25)28)11-26-8-4-7-16(26)19-24-15-6-3-2-5-14(15)20(29)27(19)12-17(21)22/h2-3,5-6,9-10,16-17H,4,7-8,11-12H2,1H3.